The van der Waals surface area contributed by atoms with Gasteiger partial charge in [0.1, 0.15) is 22.2 Å². The van der Waals surface area contributed by atoms with Gasteiger partial charge in [0, 0.05) is 6.42 Å². The smallest absolute Gasteiger partial charge is 0.406 e. The van der Waals surface area contributed by atoms with Crippen LogP contribution in [-0.2, 0) is 33.9 Å². The molecule has 3 aromatic rings. The lowest BCUT2D eigenvalue weighted by atomic mass is 10.0. The van der Waals surface area contributed by atoms with E-state index in [0.717, 1.165) is 35.4 Å². The fourth-order valence-corrected chi connectivity index (χ4v) is 4.97. The molecule has 33 heavy (non-hydrogen) atoms. The van der Waals surface area contributed by atoms with Crippen molar-refractivity contribution in [3.05, 3.63) is 89.2 Å². The number of sulfone groups is 1. The van der Waals surface area contributed by atoms with Crippen molar-refractivity contribution in [2.75, 3.05) is 0 Å². The van der Waals surface area contributed by atoms with E-state index < -0.39 is 37.6 Å². The van der Waals surface area contributed by atoms with Crippen molar-refractivity contribution in [2.24, 2.45) is 0 Å². The van der Waals surface area contributed by atoms with Gasteiger partial charge in [0.2, 0.25) is 9.84 Å². The Hall–Kier alpha value is -3.20. The monoisotopic (exact) mass is 480 g/mol. The number of ether oxygens (including phenoxy) is 1. The molecule has 0 aliphatic carbocycles. The van der Waals surface area contributed by atoms with Crippen LogP contribution in [0.3, 0.4) is 0 Å². The van der Waals surface area contributed by atoms with E-state index in [1.54, 1.807) is 24.3 Å². The van der Waals surface area contributed by atoms with Gasteiger partial charge < -0.3 is 4.74 Å². The van der Waals surface area contributed by atoms with Crippen LogP contribution in [0, 0.1) is 5.82 Å². The number of ketones is 1. The first-order chi connectivity index (χ1) is 15.5. The number of Topliss-reactive ketones (excluding diaryl/α,β-unsaturated/α-hetero) is 1. The minimum absolute atomic E-state index is 0.0203. The molecule has 0 radical (unpaired) electrons. The summed E-state index contributed by atoms with van der Waals surface area (Å²) in [6, 6.07) is 14.8. The van der Waals surface area contributed by atoms with E-state index in [1.807, 2.05) is 0 Å². The van der Waals surface area contributed by atoms with Crippen LogP contribution in [0.15, 0.2) is 76.5 Å². The molecule has 3 aromatic carbocycles. The number of hydrogen-bond acceptors (Lipinski definition) is 4. The highest BCUT2D eigenvalue weighted by Crippen LogP contribution is 2.32. The fraction of sp³-hybridized carbons (Fsp3) is 0.208. The quantitative estimate of drug-likeness (QED) is 0.401. The molecule has 0 N–H and O–H groups in total. The number of aryl methyl sites for hydroxylation is 2. The van der Waals surface area contributed by atoms with Gasteiger partial charge in [-0.05, 0) is 60.7 Å². The van der Waals surface area contributed by atoms with E-state index in [1.165, 1.54) is 25.1 Å². The van der Waals surface area contributed by atoms with Gasteiger partial charge in [0.15, 0.2) is 0 Å². The Kier molecular flexibility index (Phi) is 7.22. The van der Waals surface area contributed by atoms with Gasteiger partial charge in [-0.1, -0.05) is 42.5 Å². The molecule has 0 amide bonds. The topological polar surface area (TPSA) is 60.4 Å². The summed E-state index contributed by atoms with van der Waals surface area (Å²) < 4.78 is 82.5. The zero-order valence-electron chi connectivity index (χ0n) is 17.5. The lowest BCUT2D eigenvalue weighted by Crippen LogP contribution is -2.18. The maximum Gasteiger partial charge on any atom is 0.573 e. The van der Waals surface area contributed by atoms with Crippen molar-refractivity contribution in [1.82, 2.24) is 0 Å². The second-order valence-electron chi connectivity index (χ2n) is 7.45. The Balaban J connectivity index is 1.95. The minimum atomic E-state index is -5.01. The Labute approximate surface area is 188 Å². The number of carbonyl (C=O) groups is 1. The van der Waals surface area contributed by atoms with Crippen LogP contribution in [0.25, 0.3) is 0 Å². The van der Waals surface area contributed by atoms with Gasteiger partial charge in [-0.3, -0.25) is 4.79 Å². The molecule has 0 aliphatic heterocycles. The number of alkyl halides is 3. The molecule has 174 valence electrons. The number of benzene rings is 3. The SMILES string of the molecule is CC(=O)Cc1ccc(CCc2ccc(OC(F)(F)F)cc2S(=O)(=O)c2ccccc2F)cc1. The van der Waals surface area contributed by atoms with Gasteiger partial charge in [-0.2, -0.15) is 0 Å². The van der Waals surface area contributed by atoms with Crippen LogP contribution in [0.1, 0.15) is 23.6 Å². The van der Waals surface area contributed by atoms with Crippen molar-refractivity contribution in [2.45, 2.75) is 42.3 Å². The summed E-state index contributed by atoms with van der Waals surface area (Å²) >= 11 is 0. The van der Waals surface area contributed by atoms with Crippen molar-refractivity contribution >= 4 is 15.6 Å². The van der Waals surface area contributed by atoms with Crippen LogP contribution in [0.4, 0.5) is 17.6 Å². The second kappa shape index (κ2) is 9.74. The van der Waals surface area contributed by atoms with Crippen LogP contribution in [0.2, 0.25) is 0 Å². The van der Waals surface area contributed by atoms with Crippen molar-refractivity contribution in [3.63, 3.8) is 0 Å². The average Bonchev–Trinajstić information content (AvgIpc) is 2.72. The molecule has 3 rings (SSSR count). The molecule has 9 heteroatoms. The molecule has 0 saturated carbocycles. The molecule has 0 fully saturated rings. The number of rotatable bonds is 8. The maximum atomic E-state index is 14.2. The first-order valence-electron chi connectivity index (χ1n) is 9.91. The van der Waals surface area contributed by atoms with Crippen molar-refractivity contribution in [1.29, 1.82) is 0 Å². The van der Waals surface area contributed by atoms with Crippen LogP contribution >= 0.6 is 0 Å². The zero-order chi connectivity index (χ0) is 24.2. The molecular formula is C24H20F4O4S. The van der Waals surface area contributed by atoms with Crippen LogP contribution < -0.4 is 4.74 Å². The standard InChI is InChI=1S/C24H20F4O4S/c1-16(29)14-18-8-6-17(7-9-18)10-11-19-12-13-20(32-24(26,27)28)15-23(19)33(30,31)22-5-3-2-4-21(22)25/h2-9,12-13,15H,10-11,14H2,1H3. The summed E-state index contributed by atoms with van der Waals surface area (Å²) in [5.41, 5.74) is 1.90. The molecule has 0 unspecified atom stereocenters. The zero-order valence-corrected chi connectivity index (χ0v) is 18.3. The predicted molar refractivity (Wildman–Crippen MR) is 113 cm³/mol. The summed E-state index contributed by atoms with van der Waals surface area (Å²) in [5.74, 6) is -1.70. The number of halogens is 4. The highest BCUT2D eigenvalue weighted by atomic mass is 32.2. The number of hydrogen-bond donors (Lipinski definition) is 0. The molecule has 0 heterocycles. The van der Waals surface area contributed by atoms with E-state index in [-0.39, 0.29) is 17.8 Å². The molecular weight excluding hydrogens is 460 g/mol. The molecule has 0 bridgehead atoms. The highest BCUT2D eigenvalue weighted by Gasteiger charge is 2.32. The summed E-state index contributed by atoms with van der Waals surface area (Å²) in [5, 5.41) is 0. The van der Waals surface area contributed by atoms with E-state index >= 15 is 0 Å². The Morgan fingerprint density at radius 2 is 1.52 bits per heavy atom. The normalized spacial score (nSPS) is 11.9. The van der Waals surface area contributed by atoms with Crippen molar-refractivity contribution in [3.8, 4) is 5.75 Å². The highest BCUT2D eigenvalue weighted by molar-refractivity contribution is 7.91. The fourth-order valence-electron chi connectivity index (χ4n) is 3.36. The third-order valence-corrected chi connectivity index (χ3v) is 6.72. The first-order valence-corrected chi connectivity index (χ1v) is 11.4. The largest absolute Gasteiger partial charge is 0.573 e. The van der Waals surface area contributed by atoms with Crippen LogP contribution in [-0.4, -0.2) is 20.6 Å². The lowest BCUT2D eigenvalue weighted by Gasteiger charge is -2.15. The van der Waals surface area contributed by atoms with E-state index in [0.29, 0.717) is 12.8 Å². The molecule has 0 saturated heterocycles. The van der Waals surface area contributed by atoms with Crippen LogP contribution in [0.5, 0.6) is 5.75 Å². The van der Waals surface area contributed by atoms with Gasteiger partial charge in [-0.25, -0.2) is 12.8 Å². The summed E-state index contributed by atoms with van der Waals surface area (Å²) in [6.45, 7) is 1.48. The van der Waals surface area contributed by atoms with E-state index in [2.05, 4.69) is 4.74 Å². The predicted octanol–water partition coefficient (Wildman–Crippen LogP) is 5.47. The van der Waals surface area contributed by atoms with E-state index in [4.69, 9.17) is 0 Å². The summed E-state index contributed by atoms with van der Waals surface area (Å²) in [4.78, 5) is 10.1. The molecule has 0 spiro atoms. The molecule has 0 aromatic heterocycles. The Bertz CT molecular complexity index is 1250. The summed E-state index contributed by atoms with van der Waals surface area (Å²) in [6.07, 6.45) is -4.17. The van der Waals surface area contributed by atoms with Gasteiger partial charge >= 0.3 is 6.36 Å². The van der Waals surface area contributed by atoms with Gasteiger partial charge in [0.25, 0.3) is 0 Å². The lowest BCUT2D eigenvalue weighted by molar-refractivity contribution is -0.274. The van der Waals surface area contributed by atoms with E-state index in [9.17, 15) is 30.8 Å². The summed E-state index contributed by atoms with van der Waals surface area (Å²) in [7, 11) is -4.46. The third-order valence-electron chi connectivity index (χ3n) is 4.85. The molecule has 0 aliphatic rings. The Morgan fingerprint density at radius 1 is 0.879 bits per heavy atom. The maximum absolute atomic E-state index is 14.2. The molecule has 0 atom stereocenters. The number of carbonyl (C=O) groups excluding carboxylic acids is 1. The third kappa shape index (κ3) is 6.41. The second-order valence-corrected chi connectivity index (χ2v) is 9.33. The Morgan fingerprint density at radius 3 is 2.12 bits per heavy atom. The van der Waals surface area contributed by atoms with Gasteiger partial charge in [0.05, 0.1) is 4.90 Å². The minimum Gasteiger partial charge on any atom is -0.406 e. The van der Waals surface area contributed by atoms with Crippen molar-refractivity contribution < 1.29 is 35.5 Å². The molecule has 4 nitrogen and oxygen atoms in total. The van der Waals surface area contributed by atoms with Gasteiger partial charge in [-0.15, -0.1) is 13.2 Å². The first kappa shape index (κ1) is 24.4. The average molecular weight is 480 g/mol.